The average molecular weight is 469 g/mol. The van der Waals surface area contributed by atoms with E-state index >= 15 is 0 Å². The second-order valence-electron chi connectivity index (χ2n) is 9.26. The first-order valence-corrected chi connectivity index (χ1v) is 11.2. The van der Waals surface area contributed by atoms with Crippen molar-refractivity contribution in [3.8, 4) is 17.0 Å². The molecule has 0 bridgehead atoms. The van der Waals surface area contributed by atoms with Crippen LogP contribution in [0, 0.1) is 0 Å². The summed E-state index contributed by atoms with van der Waals surface area (Å²) in [6.07, 6.45) is 1.51. The van der Waals surface area contributed by atoms with Gasteiger partial charge in [-0.1, -0.05) is 30.3 Å². The van der Waals surface area contributed by atoms with Gasteiger partial charge >= 0.3 is 6.03 Å². The molecule has 184 valence electrons. The number of nitrogens with one attached hydrogen (secondary N) is 2. The van der Waals surface area contributed by atoms with Crippen molar-refractivity contribution in [2.45, 2.75) is 45.2 Å². The molecule has 2 aromatic carbocycles. The summed E-state index contributed by atoms with van der Waals surface area (Å²) >= 11 is 0. The lowest BCUT2D eigenvalue weighted by Crippen LogP contribution is -2.52. The Morgan fingerprint density at radius 3 is 2.47 bits per heavy atom. The molecule has 0 radical (unpaired) electrons. The van der Waals surface area contributed by atoms with E-state index in [2.05, 4.69) is 10.3 Å². The normalized spacial score (nSPS) is 15.4. The number of amides is 3. The minimum Gasteiger partial charge on any atom is -0.497 e. The highest BCUT2D eigenvalue weighted by atomic mass is 16.5. The fourth-order valence-corrected chi connectivity index (χ4v) is 3.83. The molecule has 0 aliphatic carbocycles. The van der Waals surface area contributed by atoms with Crippen molar-refractivity contribution in [2.75, 3.05) is 13.7 Å². The lowest BCUT2D eigenvalue weighted by atomic mass is 10.1. The van der Waals surface area contributed by atoms with Crippen LogP contribution in [0.15, 0.2) is 59.4 Å². The van der Waals surface area contributed by atoms with Crippen LogP contribution in [0.4, 0.5) is 4.79 Å². The Bertz CT molecular complexity index is 1230. The largest absolute Gasteiger partial charge is 0.497 e. The summed E-state index contributed by atoms with van der Waals surface area (Å²) in [6, 6.07) is 16.2. The monoisotopic (exact) mass is 468 g/mol. The molecular weight excluding hydrogens is 432 g/mol. The van der Waals surface area contributed by atoms with Crippen molar-refractivity contribution in [3.63, 3.8) is 0 Å². The number of likely N-dealkylation sites (tertiary alicyclic amines) is 1. The van der Waals surface area contributed by atoms with Gasteiger partial charge in [-0.25, -0.2) is 4.79 Å². The van der Waals surface area contributed by atoms with Gasteiger partial charge < -0.3 is 25.7 Å². The Kier molecular flexibility index (Phi) is 7.61. The SMILES string of the molecule is CC(C)(C)NC(=O)N1CCC[C@H]1C(N)=O.COc1ccc2c(=O)cc(-c3ccccc3)[nH]c2c1.[HH].[HH]. The number of H-pyrrole nitrogens is 1. The van der Waals surface area contributed by atoms with Gasteiger partial charge in [-0.2, -0.15) is 0 Å². The third-order valence-electron chi connectivity index (χ3n) is 5.45. The Hall–Kier alpha value is -3.81. The van der Waals surface area contributed by atoms with Crippen LogP contribution in [0.2, 0.25) is 0 Å². The summed E-state index contributed by atoms with van der Waals surface area (Å²) in [7, 11) is 1.61. The van der Waals surface area contributed by atoms with Gasteiger partial charge in [-0.3, -0.25) is 9.59 Å². The molecule has 8 heteroatoms. The quantitative estimate of drug-likeness (QED) is 0.535. The average Bonchev–Trinajstić information content (AvgIpc) is 3.29. The van der Waals surface area contributed by atoms with E-state index in [-0.39, 0.29) is 19.9 Å². The zero-order valence-electron chi connectivity index (χ0n) is 20.1. The Morgan fingerprint density at radius 1 is 1.15 bits per heavy atom. The third-order valence-corrected chi connectivity index (χ3v) is 5.45. The number of primary amides is 1. The van der Waals surface area contributed by atoms with E-state index in [4.69, 9.17) is 10.5 Å². The van der Waals surface area contributed by atoms with Crippen LogP contribution in [0.1, 0.15) is 36.5 Å². The first kappa shape index (κ1) is 24.8. The lowest BCUT2D eigenvalue weighted by molar-refractivity contribution is -0.121. The van der Waals surface area contributed by atoms with Gasteiger partial charge in [-0.15, -0.1) is 0 Å². The van der Waals surface area contributed by atoms with Crippen LogP contribution in [0.3, 0.4) is 0 Å². The van der Waals surface area contributed by atoms with Gasteiger partial charge in [0, 0.05) is 38.1 Å². The number of nitrogens with zero attached hydrogens (tertiary/aromatic N) is 1. The lowest BCUT2D eigenvalue weighted by Gasteiger charge is -2.28. The molecule has 3 aromatic rings. The number of fused-ring (bicyclic) bond motifs is 1. The van der Waals surface area contributed by atoms with Crippen molar-refractivity contribution < 1.29 is 17.2 Å². The highest BCUT2D eigenvalue weighted by Crippen LogP contribution is 2.21. The number of urea groups is 1. The highest BCUT2D eigenvalue weighted by molar-refractivity contribution is 5.86. The molecule has 34 heavy (non-hydrogen) atoms. The van der Waals surface area contributed by atoms with E-state index in [9.17, 15) is 14.4 Å². The summed E-state index contributed by atoms with van der Waals surface area (Å²) in [5.41, 5.74) is 7.53. The van der Waals surface area contributed by atoms with Crippen LogP contribution in [-0.2, 0) is 4.79 Å². The van der Waals surface area contributed by atoms with Crippen molar-refractivity contribution >= 4 is 22.8 Å². The summed E-state index contributed by atoms with van der Waals surface area (Å²) in [6.45, 7) is 6.32. The first-order valence-electron chi connectivity index (χ1n) is 11.2. The maximum absolute atomic E-state index is 12.1. The molecule has 8 nitrogen and oxygen atoms in total. The molecule has 0 spiro atoms. The van der Waals surface area contributed by atoms with E-state index in [0.717, 1.165) is 28.9 Å². The van der Waals surface area contributed by atoms with Crippen molar-refractivity contribution in [1.29, 1.82) is 0 Å². The number of hydrogen-bond acceptors (Lipinski definition) is 4. The maximum atomic E-state index is 12.1. The van der Waals surface area contributed by atoms with Gasteiger partial charge in [0.2, 0.25) is 5.91 Å². The Morgan fingerprint density at radius 2 is 1.85 bits per heavy atom. The zero-order valence-corrected chi connectivity index (χ0v) is 20.1. The maximum Gasteiger partial charge on any atom is 0.318 e. The number of aromatic amines is 1. The molecule has 1 aromatic heterocycles. The summed E-state index contributed by atoms with van der Waals surface area (Å²) in [4.78, 5) is 39.8. The van der Waals surface area contributed by atoms with Crippen LogP contribution in [0.25, 0.3) is 22.2 Å². The molecule has 4 N–H and O–H groups in total. The van der Waals surface area contributed by atoms with E-state index < -0.39 is 11.9 Å². The van der Waals surface area contributed by atoms with Crippen LogP contribution in [-0.4, -0.2) is 47.1 Å². The first-order chi connectivity index (χ1) is 16.1. The molecule has 1 fully saturated rings. The molecule has 1 atom stereocenters. The van der Waals surface area contributed by atoms with Crippen LogP contribution < -0.4 is 21.2 Å². The fraction of sp³-hybridized carbons (Fsp3) is 0.346. The number of hydrogen-bond donors (Lipinski definition) is 3. The van der Waals surface area contributed by atoms with Crippen LogP contribution >= 0.6 is 0 Å². The van der Waals surface area contributed by atoms with Crippen molar-refractivity contribution in [3.05, 3.63) is 64.8 Å². The molecule has 4 rings (SSSR count). The van der Waals surface area contributed by atoms with Gasteiger partial charge in [0.15, 0.2) is 5.43 Å². The number of rotatable bonds is 3. The van der Waals surface area contributed by atoms with Crippen LogP contribution in [0.5, 0.6) is 5.75 Å². The number of carbonyl (C=O) groups excluding carboxylic acids is 2. The molecule has 1 aliphatic heterocycles. The number of aromatic nitrogens is 1. The molecule has 1 aliphatic rings. The molecule has 0 saturated carbocycles. The van der Waals surface area contributed by atoms with E-state index in [1.807, 2.05) is 57.2 Å². The second-order valence-corrected chi connectivity index (χ2v) is 9.26. The topological polar surface area (TPSA) is 118 Å². The molecule has 1 saturated heterocycles. The molecule has 0 unspecified atom stereocenters. The van der Waals surface area contributed by atoms with E-state index in [1.165, 1.54) is 4.90 Å². The van der Waals surface area contributed by atoms with Gasteiger partial charge in [0.05, 0.1) is 12.6 Å². The Labute approximate surface area is 202 Å². The minimum atomic E-state index is -0.438. The minimum absolute atomic E-state index is 0. The van der Waals surface area contributed by atoms with Crippen molar-refractivity contribution in [1.82, 2.24) is 15.2 Å². The number of methoxy groups -OCH3 is 1. The molecule has 2 heterocycles. The molecule has 3 amide bonds. The Balaban J connectivity index is 0.000000351. The fourth-order valence-electron chi connectivity index (χ4n) is 3.83. The highest BCUT2D eigenvalue weighted by Gasteiger charge is 2.33. The second kappa shape index (κ2) is 10.4. The number of pyridine rings is 1. The summed E-state index contributed by atoms with van der Waals surface area (Å²) in [5, 5.41) is 3.49. The summed E-state index contributed by atoms with van der Waals surface area (Å²) < 4.78 is 5.19. The van der Waals surface area contributed by atoms with Crippen molar-refractivity contribution in [2.24, 2.45) is 5.73 Å². The van der Waals surface area contributed by atoms with Gasteiger partial charge in [-0.05, 0) is 51.3 Å². The predicted molar refractivity (Wildman–Crippen MR) is 138 cm³/mol. The summed E-state index contributed by atoms with van der Waals surface area (Å²) in [5.74, 6) is 0.310. The number of carbonyl (C=O) groups is 2. The smallest absolute Gasteiger partial charge is 0.318 e. The van der Waals surface area contributed by atoms with E-state index in [1.54, 1.807) is 25.3 Å². The standard InChI is InChI=1S/C16H13NO2.C10H19N3O2.2H2/c1-19-12-7-8-13-15(9-12)17-14(10-16(13)18)11-5-3-2-4-6-11;1-10(2,3)12-9(15)13-6-4-5-7(13)8(11)14;;/h2-10H,1H3,(H,17,18);7H,4-6H2,1-3H3,(H2,11,14)(H,12,15);2*1H/t;7-;;/m.0../s1. The zero-order chi connectivity index (χ0) is 24.9. The predicted octanol–water partition coefficient (Wildman–Crippen LogP) is 4.14. The number of ether oxygens (including phenoxy) is 1. The third kappa shape index (κ3) is 6.15. The van der Waals surface area contributed by atoms with Gasteiger partial charge in [0.1, 0.15) is 11.8 Å². The molecular formula is C26H36N4O4. The van der Waals surface area contributed by atoms with E-state index in [0.29, 0.717) is 18.4 Å². The van der Waals surface area contributed by atoms with Gasteiger partial charge in [0.25, 0.3) is 0 Å². The number of nitrogens with two attached hydrogens (primary N) is 1. The number of benzene rings is 2.